The molecule has 0 radical (unpaired) electrons. The highest BCUT2D eigenvalue weighted by Gasteiger charge is 2.01. The number of methoxy groups -OCH3 is 2. The van der Waals surface area contributed by atoms with Crippen molar-refractivity contribution in [3.63, 3.8) is 0 Å². The topological polar surface area (TPSA) is 30.5 Å². The van der Waals surface area contributed by atoms with Crippen molar-refractivity contribution in [2.75, 3.05) is 20.8 Å². The average Bonchev–Trinajstić information content (AvgIpc) is 2.34. The van der Waals surface area contributed by atoms with E-state index in [-0.39, 0.29) is 0 Å². The van der Waals surface area contributed by atoms with Crippen LogP contribution >= 0.6 is 0 Å². The third kappa shape index (κ3) is 4.64. The molecule has 0 aromatic heterocycles. The zero-order valence-corrected chi connectivity index (χ0v) is 10.3. The molecule has 0 aliphatic rings. The molecule has 0 fully saturated rings. The zero-order chi connectivity index (χ0) is 11.8. The fraction of sp³-hybridized carbons (Fsp3) is 0.538. The predicted octanol–water partition coefficient (Wildman–Crippen LogP) is 2.21. The molecule has 1 N–H and O–H groups in total. The second kappa shape index (κ2) is 7.25. The molecule has 0 saturated heterocycles. The van der Waals surface area contributed by atoms with Crippen LogP contribution in [0.5, 0.6) is 5.75 Å². The Labute approximate surface area is 97.8 Å². The maximum Gasteiger partial charge on any atom is 0.118 e. The van der Waals surface area contributed by atoms with E-state index in [0.29, 0.717) is 6.04 Å². The summed E-state index contributed by atoms with van der Waals surface area (Å²) in [5, 5.41) is 3.45. The molecule has 1 aromatic rings. The molecule has 1 rings (SSSR count). The molecule has 0 aliphatic carbocycles. The Kier molecular flexibility index (Phi) is 5.90. The SMILES string of the molecule is COCCC(C)NCc1ccc(OC)cc1. The van der Waals surface area contributed by atoms with Crippen molar-refractivity contribution < 1.29 is 9.47 Å². The number of hydrogen-bond donors (Lipinski definition) is 1. The summed E-state index contributed by atoms with van der Waals surface area (Å²) in [6, 6.07) is 8.60. The van der Waals surface area contributed by atoms with Gasteiger partial charge in [0.25, 0.3) is 0 Å². The van der Waals surface area contributed by atoms with Gasteiger partial charge in [-0.05, 0) is 31.0 Å². The predicted molar refractivity (Wildman–Crippen MR) is 65.8 cm³/mol. The van der Waals surface area contributed by atoms with Crippen LogP contribution in [0.2, 0.25) is 0 Å². The molecule has 90 valence electrons. The van der Waals surface area contributed by atoms with Crippen LogP contribution in [0, 0.1) is 0 Å². The highest BCUT2D eigenvalue weighted by Crippen LogP contribution is 2.11. The van der Waals surface area contributed by atoms with Crippen molar-refractivity contribution in [3.05, 3.63) is 29.8 Å². The van der Waals surface area contributed by atoms with Gasteiger partial charge >= 0.3 is 0 Å². The Morgan fingerprint density at radius 1 is 1.19 bits per heavy atom. The van der Waals surface area contributed by atoms with Gasteiger partial charge in [0.15, 0.2) is 0 Å². The van der Waals surface area contributed by atoms with Crippen LogP contribution in [0.4, 0.5) is 0 Å². The summed E-state index contributed by atoms with van der Waals surface area (Å²) in [6.07, 6.45) is 1.03. The molecule has 0 heterocycles. The molecule has 3 nitrogen and oxygen atoms in total. The molecule has 1 unspecified atom stereocenters. The number of nitrogens with one attached hydrogen (secondary N) is 1. The molecule has 1 aromatic carbocycles. The van der Waals surface area contributed by atoms with E-state index in [2.05, 4.69) is 24.4 Å². The van der Waals surface area contributed by atoms with E-state index in [0.717, 1.165) is 25.3 Å². The fourth-order valence-corrected chi connectivity index (χ4v) is 1.43. The van der Waals surface area contributed by atoms with Crippen LogP contribution in [0.1, 0.15) is 18.9 Å². The monoisotopic (exact) mass is 223 g/mol. The summed E-state index contributed by atoms with van der Waals surface area (Å²) < 4.78 is 10.1. The first-order valence-corrected chi connectivity index (χ1v) is 5.61. The summed E-state index contributed by atoms with van der Waals surface area (Å²) in [6.45, 7) is 3.86. The van der Waals surface area contributed by atoms with Crippen molar-refractivity contribution in [2.24, 2.45) is 0 Å². The molecule has 1 atom stereocenters. The lowest BCUT2D eigenvalue weighted by atomic mass is 10.2. The van der Waals surface area contributed by atoms with E-state index < -0.39 is 0 Å². The van der Waals surface area contributed by atoms with Gasteiger partial charge in [-0.3, -0.25) is 0 Å². The third-order valence-corrected chi connectivity index (χ3v) is 2.57. The standard InChI is InChI=1S/C13H21NO2/c1-11(8-9-15-2)14-10-12-4-6-13(16-3)7-5-12/h4-7,11,14H,8-10H2,1-3H3. The van der Waals surface area contributed by atoms with Crippen molar-refractivity contribution >= 4 is 0 Å². The molecule has 0 spiro atoms. The first kappa shape index (κ1) is 13.0. The minimum absolute atomic E-state index is 0.474. The van der Waals surface area contributed by atoms with Crippen LogP contribution in [-0.4, -0.2) is 26.9 Å². The summed E-state index contributed by atoms with van der Waals surface area (Å²) in [7, 11) is 3.41. The van der Waals surface area contributed by atoms with Gasteiger partial charge in [-0.25, -0.2) is 0 Å². The summed E-state index contributed by atoms with van der Waals surface area (Å²) in [5.41, 5.74) is 1.27. The van der Waals surface area contributed by atoms with E-state index in [1.165, 1.54) is 5.56 Å². The molecule has 0 aliphatic heterocycles. The largest absolute Gasteiger partial charge is 0.497 e. The molecule has 0 saturated carbocycles. The highest BCUT2D eigenvalue weighted by atomic mass is 16.5. The lowest BCUT2D eigenvalue weighted by Gasteiger charge is -2.13. The van der Waals surface area contributed by atoms with Gasteiger partial charge in [-0.1, -0.05) is 12.1 Å². The number of benzene rings is 1. The van der Waals surface area contributed by atoms with Crippen molar-refractivity contribution in [1.29, 1.82) is 0 Å². The number of hydrogen-bond acceptors (Lipinski definition) is 3. The van der Waals surface area contributed by atoms with Crippen LogP contribution in [-0.2, 0) is 11.3 Å². The Bertz CT molecular complexity index is 284. The Balaban J connectivity index is 2.30. The van der Waals surface area contributed by atoms with E-state index >= 15 is 0 Å². The van der Waals surface area contributed by atoms with Crippen LogP contribution < -0.4 is 10.1 Å². The van der Waals surface area contributed by atoms with Crippen LogP contribution in [0.15, 0.2) is 24.3 Å². The average molecular weight is 223 g/mol. The zero-order valence-electron chi connectivity index (χ0n) is 10.3. The highest BCUT2D eigenvalue weighted by molar-refractivity contribution is 5.26. The van der Waals surface area contributed by atoms with Crippen LogP contribution in [0.3, 0.4) is 0 Å². The normalized spacial score (nSPS) is 12.4. The van der Waals surface area contributed by atoms with Gasteiger partial charge < -0.3 is 14.8 Å². The second-order valence-electron chi connectivity index (χ2n) is 3.91. The van der Waals surface area contributed by atoms with Gasteiger partial charge in [0, 0.05) is 26.3 Å². The first-order chi connectivity index (χ1) is 7.76. The van der Waals surface area contributed by atoms with Gasteiger partial charge in [0.05, 0.1) is 7.11 Å². The minimum atomic E-state index is 0.474. The maximum atomic E-state index is 5.11. The quantitative estimate of drug-likeness (QED) is 0.768. The maximum absolute atomic E-state index is 5.11. The lowest BCUT2D eigenvalue weighted by molar-refractivity contribution is 0.184. The van der Waals surface area contributed by atoms with E-state index in [1.54, 1.807) is 14.2 Å². The fourth-order valence-electron chi connectivity index (χ4n) is 1.43. The first-order valence-electron chi connectivity index (χ1n) is 5.61. The Hall–Kier alpha value is -1.06. The number of ether oxygens (including phenoxy) is 2. The van der Waals surface area contributed by atoms with E-state index in [9.17, 15) is 0 Å². The molecular weight excluding hydrogens is 202 g/mol. The van der Waals surface area contributed by atoms with E-state index in [1.807, 2.05) is 12.1 Å². The molecular formula is C13H21NO2. The number of rotatable bonds is 7. The molecule has 3 heteroatoms. The Morgan fingerprint density at radius 2 is 1.88 bits per heavy atom. The second-order valence-corrected chi connectivity index (χ2v) is 3.91. The molecule has 0 amide bonds. The summed E-state index contributed by atoms with van der Waals surface area (Å²) >= 11 is 0. The smallest absolute Gasteiger partial charge is 0.118 e. The minimum Gasteiger partial charge on any atom is -0.497 e. The van der Waals surface area contributed by atoms with E-state index in [4.69, 9.17) is 9.47 Å². The molecule has 16 heavy (non-hydrogen) atoms. The van der Waals surface area contributed by atoms with Crippen molar-refractivity contribution in [1.82, 2.24) is 5.32 Å². The van der Waals surface area contributed by atoms with Crippen molar-refractivity contribution in [3.8, 4) is 5.75 Å². The Morgan fingerprint density at radius 3 is 2.44 bits per heavy atom. The molecule has 0 bridgehead atoms. The van der Waals surface area contributed by atoms with Gasteiger partial charge in [-0.2, -0.15) is 0 Å². The van der Waals surface area contributed by atoms with Gasteiger partial charge in [0.1, 0.15) is 5.75 Å². The van der Waals surface area contributed by atoms with Gasteiger partial charge in [0.2, 0.25) is 0 Å². The summed E-state index contributed by atoms with van der Waals surface area (Å²) in [5.74, 6) is 0.899. The van der Waals surface area contributed by atoms with Crippen LogP contribution in [0.25, 0.3) is 0 Å². The summed E-state index contributed by atoms with van der Waals surface area (Å²) in [4.78, 5) is 0. The van der Waals surface area contributed by atoms with Crippen molar-refractivity contribution in [2.45, 2.75) is 25.9 Å². The third-order valence-electron chi connectivity index (χ3n) is 2.57. The van der Waals surface area contributed by atoms with Gasteiger partial charge in [-0.15, -0.1) is 0 Å². The lowest BCUT2D eigenvalue weighted by Crippen LogP contribution is -2.26.